The van der Waals surface area contributed by atoms with E-state index in [1.165, 1.54) is 19.2 Å². The molecule has 0 amide bonds. The van der Waals surface area contributed by atoms with Crippen LogP contribution < -0.4 is 14.9 Å². The normalized spacial score (nSPS) is 10.5. The van der Waals surface area contributed by atoms with Crippen LogP contribution in [0.3, 0.4) is 0 Å². The summed E-state index contributed by atoms with van der Waals surface area (Å²) >= 11 is 0. The van der Waals surface area contributed by atoms with Gasteiger partial charge in [-0.25, -0.2) is 0 Å². The molecule has 4 rings (SSSR count). The summed E-state index contributed by atoms with van der Waals surface area (Å²) in [7, 11) is 1.50. The number of diazo groups is 2. The summed E-state index contributed by atoms with van der Waals surface area (Å²) in [6.45, 7) is 0. The number of fused-ring (bicyclic) bond motifs is 2. The fraction of sp³-hybridized carbons (Fsp3) is 0.0476. The lowest BCUT2D eigenvalue weighted by molar-refractivity contribution is -0.267. The summed E-state index contributed by atoms with van der Waals surface area (Å²) in [4.78, 5) is 6.28. The van der Waals surface area contributed by atoms with Crippen molar-refractivity contribution in [3.63, 3.8) is 0 Å². The molecule has 7 nitrogen and oxygen atoms in total. The number of rotatable bonds is 2. The molecule has 0 bridgehead atoms. The minimum atomic E-state index is -0.456. The summed E-state index contributed by atoms with van der Waals surface area (Å²) < 4.78 is 5.22. The predicted octanol–water partition coefficient (Wildman–Crippen LogP) is 4.78. The fourth-order valence-electron chi connectivity index (χ4n) is 3.48. The lowest BCUT2D eigenvalue weighted by Gasteiger charge is -2.14. The zero-order chi connectivity index (χ0) is 19.8. The van der Waals surface area contributed by atoms with Gasteiger partial charge in [0.2, 0.25) is 10.8 Å². The minimum absolute atomic E-state index is 0.0605. The monoisotopic (exact) mass is 368 g/mol. The van der Waals surface area contributed by atoms with Crippen molar-refractivity contribution in [3.8, 4) is 28.4 Å². The Bertz CT molecular complexity index is 1350. The van der Waals surface area contributed by atoms with Crippen molar-refractivity contribution >= 4 is 32.9 Å². The topological polar surface area (TPSA) is 112 Å². The highest BCUT2D eigenvalue weighted by Gasteiger charge is 2.21. The van der Waals surface area contributed by atoms with Gasteiger partial charge in [0.05, 0.1) is 17.9 Å². The van der Waals surface area contributed by atoms with Gasteiger partial charge in [0, 0.05) is 0 Å². The molecule has 134 valence electrons. The Labute approximate surface area is 159 Å². The zero-order valence-electron chi connectivity index (χ0n) is 14.7. The molecule has 0 fully saturated rings. The van der Waals surface area contributed by atoms with E-state index in [9.17, 15) is 21.0 Å². The summed E-state index contributed by atoms with van der Waals surface area (Å²) in [6.07, 6.45) is 0. The Morgan fingerprint density at radius 1 is 0.714 bits per heavy atom. The molecule has 0 aliphatic heterocycles. The van der Waals surface area contributed by atoms with Gasteiger partial charge in [-0.2, -0.15) is 0 Å². The highest BCUT2D eigenvalue weighted by atomic mass is 16.5. The first kappa shape index (κ1) is 17.1. The fourth-order valence-corrected chi connectivity index (χ4v) is 3.48. The average Bonchev–Trinajstić information content (AvgIpc) is 2.72. The zero-order valence-corrected chi connectivity index (χ0v) is 14.7. The van der Waals surface area contributed by atoms with E-state index in [4.69, 9.17) is 4.74 Å². The first-order valence-electron chi connectivity index (χ1n) is 8.34. The molecular formula is C21H12N4O3. The molecule has 0 heterocycles. The van der Waals surface area contributed by atoms with E-state index in [1.807, 2.05) is 6.07 Å². The molecular weight excluding hydrogens is 356 g/mol. The van der Waals surface area contributed by atoms with Crippen LogP contribution in [0, 0.1) is 10.8 Å². The second-order valence-corrected chi connectivity index (χ2v) is 6.20. The molecule has 0 radical (unpaired) electrons. The van der Waals surface area contributed by atoms with E-state index in [-0.39, 0.29) is 11.4 Å². The molecule has 7 heteroatoms. The molecule has 0 atom stereocenters. The quantitative estimate of drug-likeness (QED) is 0.472. The van der Waals surface area contributed by atoms with Crippen molar-refractivity contribution in [1.29, 1.82) is 10.8 Å². The van der Waals surface area contributed by atoms with E-state index in [1.54, 1.807) is 36.4 Å². The Hall–Kier alpha value is -4.36. The van der Waals surface area contributed by atoms with Gasteiger partial charge in [-0.3, -0.25) is 0 Å². The van der Waals surface area contributed by atoms with Gasteiger partial charge in [0.25, 0.3) is 0 Å². The lowest BCUT2D eigenvalue weighted by Crippen LogP contribution is -1.94. The third-order valence-electron chi connectivity index (χ3n) is 4.77. The minimum Gasteiger partial charge on any atom is -0.867 e. The molecule has 0 N–H and O–H groups in total. The van der Waals surface area contributed by atoms with E-state index < -0.39 is 11.5 Å². The van der Waals surface area contributed by atoms with Crippen LogP contribution in [-0.4, -0.2) is 7.11 Å². The van der Waals surface area contributed by atoms with E-state index in [2.05, 4.69) is 9.95 Å². The molecule has 0 saturated heterocycles. The first-order chi connectivity index (χ1) is 13.6. The highest BCUT2D eigenvalue weighted by Crippen LogP contribution is 2.45. The molecule has 0 spiro atoms. The van der Waals surface area contributed by atoms with Crippen molar-refractivity contribution in [2.24, 2.45) is 0 Å². The Balaban J connectivity index is 2.14. The Kier molecular flexibility index (Phi) is 3.91. The number of methoxy groups -OCH3 is 1. The van der Waals surface area contributed by atoms with E-state index >= 15 is 0 Å². The number of hydrogen-bond donors (Lipinski definition) is 0. The maximum atomic E-state index is 12.6. The van der Waals surface area contributed by atoms with Crippen LogP contribution in [0.5, 0.6) is 17.2 Å². The van der Waals surface area contributed by atoms with Gasteiger partial charge >= 0.3 is 11.4 Å². The number of nitrogens with zero attached hydrogens (tertiary/aromatic N) is 4. The van der Waals surface area contributed by atoms with E-state index in [0.29, 0.717) is 38.4 Å². The summed E-state index contributed by atoms with van der Waals surface area (Å²) in [6, 6.07) is 14.7. The molecule has 0 aromatic heterocycles. The average molecular weight is 368 g/mol. The van der Waals surface area contributed by atoms with Crippen LogP contribution in [0.4, 0.5) is 11.4 Å². The number of benzene rings is 4. The molecule has 4 aromatic rings. The summed E-state index contributed by atoms with van der Waals surface area (Å²) in [5.74, 6) is -0.340. The van der Waals surface area contributed by atoms with Gasteiger partial charge in [-0.15, -0.1) is 0 Å². The molecule has 0 aliphatic carbocycles. The number of ether oxygens (including phenoxy) is 1. The largest absolute Gasteiger partial charge is 0.867 e. The molecule has 4 aromatic carbocycles. The third-order valence-corrected chi connectivity index (χ3v) is 4.77. The van der Waals surface area contributed by atoms with Crippen molar-refractivity contribution in [2.45, 2.75) is 0 Å². The van der Waals surface area contributed by atoms with Crippen LogP contribution in [0.2, 0.25) is 0 Å². The summed E-state index contributed by atoms with van der Waals surface area (Å²) in [5.41, 5.74) is 1.14. The van der Waals surface area contributed by atoms with Crippen LogP contribution in [-0.2, 0) is 0 Å². The highest BCUT2D eigenvalue weighted by molar-refractivity contribution is 6.12. The Morgan fingerprint density at radius 3 is 2.11 bits per heavy atom. The van der Waals surface area contributed by atoms with Crippen LogP contribution >= 0.6 is 0 Å². The molecule has 0 unspecified atom stereocenters. The van der Waals surface area contributed by atoms with Crippen LogP contribution in [0.25, 0.3) is 42.6 Å². The SMILES string of the molecule is COc1ccc2c(-c3cccc4c([N+]#N)c([O-])ccc34)cc([O-])c([N+]#N)c2c1. The van der Waals surface area contributed by atoms with Gasteiger partial charge in [-0.05, 0) is 57.7 Å². The van der Waals surface area contributed by atoms with Crippen molar-refractivity contribution in [2.75, 3.05) is 7.11 Å². The van der Waals surface area contributed by atoms with Gasteiger partial charge in [-0.1, -0.05) is 30.3 Å². The van der Waals surface area contributed by atoms with Gasteiger partial charge < -0.3 is 14.9 Å². The number of hydrogen-bond acceptors (Lipinski definition) is 5. The maximum Gasteiger partial charge on any atom is 0.385 e. The van der Waals surface area contributed by atoms with Crippen molar-refractivity contribution < 1.29 is 14.9 Å². The first-order valence-corrected chi connectivity index (χ1v) is 8.34. The standard InChI is InChI=1S/C21H12N4O3/c1-28-11-5-6-14-16(10-19(27)21(25-23)17(14)9-11)12-3-2-4-15-13(12)7-8-18(26)20(15)24-22/h2-10H,1H3. The van der Waals surface area contributed by atoms with Crippen LogP contribution in [0.15, 0.2) is 54.6 Å². The summed E-state index contributed by atoms with van der Waals surface area (Å²) in [5, 5.41) is 45.3. The molecule has 28 heavy (non-hydrogen) atoms. The van der Waals surface area contributed by atoms with Gasteiger partial charge in [0.15, 0.2) is 9.95 Å². The molecule has 0 aliphatic rings. The predicted molar refractivity (Wildman–Crippen MR) is 102 cm³/mol. The maximum absolute atomic E-state index is 12.6. The van der Waals surface area contributed by atoms with E-state index in [0.717, 1.165) is 0 Å². The van der Waals surface area contributed by atoms with Crippen LogP contribution in [0.1, 0.15) is 0 Å². The lowest BCUT2D eigenvalue weighted by atomic mass is 9.92. The second-order valence-electron chi connectivity index (χ2n) is 6.20. The Morgan fingerprint density at radius 2 is 1.39 bits per heavy atom. The second kappa shape index (κ2) is 6.42. The third kappa shape index (κ3) is 2.43. The smallest absolute Gasteiger partial charge is 0.385 e. The van der Waals surface area contributed by atoms with Crippen molar-refractivity contribution in [1.82, 2.24) is 0 Å². The van der Waals surface area contributed by atoms with Crippen molar-refractivity contribution in [3.05, 3.63) is 64.5 Å². The molecule has 0 saturated carbocycles. The van der Waals surface area contributed by atoms with Gasteiger partial charge in [0.1, 0.15) is 5.75 Å².